The molecule has 262 valence electrons. The van der Waals surface area contributed by atoms with Crippen molar-refractivity contribution >= 4 is 53.4 Å². The Labute approximate surface area is 335 Å². The van der Waals surface area contributed by atoms with Gasteiger partial charge in [0, 0.05) is 53.2 Å². The van der Waals surface area contributed by atoms with E-state index < -0.39 is 0 Å². The van der Waals surface area contributed by atoms with Crippen molar-refractivity contribution in [1.82, 2.24) is 15.0 Å². The minimum atomic E-state index is -0.332. The first kappa shape index (κ1) is 26.5. The molecule has 0 radical (unpaired) electrons. The van der Waals surface area contributed by atoms with E-state index in [1.165, 1.54) is 0 Å². The van der Waals surface area contributed by atoms with Gasteiger partial charge in [0.1, 0.15) is 11.2 Å². The summed E-state index contributed by atoms with van der Waals surface area (Å²) in [7, 11) is 0. The third kappa shape index (κ3) is 5.65. The molecule has 3 heterocycles. The highest BCUT2D eigenvalue weighted by Crippen LogP contribution is 2.44. The third-order valence-corrected chi connectivity index (χ3v) is 11.2. The molecule has 0 bridgehead atoms. The minimum absolute atomic E-state index is 0.00999. The Bertz CT molecular complexity index is 3580. The fourth-order valence-electron chi connectivity index (χ4n) is 7.22. The Kier molecular flexibility index (Phi) is 6.29. The van der Waals surface area contributed by atoms with Gasteiger partial charge in [0.2, 0.25) is 0 Å². The lowest BCUT2D eigenvalue weighted by Crippen LogP contribution is -2.00. The van der Waals surface area contributed by atoms with Crippen molar-refractivity contribution in [2.45, 2.75) is 0 Å². The van der Waals surface area contributed by atoms with Crippen molar-refractivity contribution in [3.8, 4) is 67.5 Å². The number of aromatic nitrogens is 3. The van der Waals surface area contributed by atoms with E-state index in [-0.39, 0.29) is 75.1 Å². The van der Waals surface area contributed by atoms with E-state index in [4.69, 9.17) is 19.4 Å². The van der Waals surface area contributed by atoms with Gasteiger partial charge in [-0.25, -0.2) is 15.0 Å². The molecule has 0 unspecified atom stereocenters. The normalized spacial score (nSPS) is 13.1. The molecule has 11 aromatic rings. The van der Waals surface area contributed by atoms with Gasteiger partial charge < -0.3 is 4.42 Å². The maximum atomic E-state index is 9.77. The summed E-state index contributed by atoms with van der Waals surface area (Å²) in [5, 5.41) is 2.18. The molecular weight excluding hydrogens is 703 g/mol. The number of hydrogen-bond acceptors (Lipinski definition) is 5. The predicted octanol–water partition coefficient (Wildman–Crippen LogP) is 14.1. The summed E-state index contributed by atoms with van der Waals surface area (Å²) in [5.74, 6) is 0.651. The zero-order chi connectivity index (χ0) is 42.2. The van der Waals surface area contributed by atoms with Gasteiger partial charge in [-0.2, -0.15) is 0 Å². The first-order valence-electron chi connectivity index (χ1n) is 21.2. The molecule has 0 fully saturated rings. The van der Waals surface area contributed by atoms with Gasteiger partial charge in [0.05, 0.1) is 8.22 Å². The van der Waals surface area contributed by atoms with E-state index in [0.29, 0.717) is 28.3 Å². The van der Waals surface area contributed by atoms with Gasteiger partial charge in [-0.15, -0.1) is 11.3 Å². The quantitative estimate of drug-likeness (QED) is 0.170. The minimum Gasteiger partial charge on any atom is -0.456 e. The highest BCUT2D eigenvalue weighted by molar-refractivity contribution is 7.26. The van der Waals surface area contributed by atoms with Gasteiger partial charge in [-0.3, -0.25) is 0 Å². The molecule has 0 N–H and O–H groups in total. The number of benzene rings is 8. The molecule has 0 amide bonds. The summed E-state index contributed by atoms with van der Waals surface area (Å²) >= 11 is 1.56. The van der Waals surface area contributed by atoms with E-state index in [0.717, 1.165) is 42.4 Å². The van der Waals surface area contributed by atoms with Gasteiger partial charge in [0.25, 0.3) is 0 Å². The van der Waals surface area contributed by atoms with E-state index >= 15 is 0 Å². The van der Waals surface area contributed by atoms with Crippen LogP contribution in [-0.2, 0) is 0 Å². The smallest absolute Gasteiger partial charge is 0.164 e. The second-order valence-corrected chi connectivity index (χ2v) is 14.5. The summed E-state index contributed by atoms with van der Waals surface area (Å²) in [6.45, 7) is 0. The van der Waals surface area contributed by atoms with Gasteiger partial charge in [-0.1, -0.05) is 146 Å². The summed E-state index contributed by atoms with van der Waals surface area (Å²) in [6, 6.07) is 47.8. The molecule has 0 saturated heterocycles. The molecule has 11 rings (SSSR count). The average molecular weight is 740 g/mol. The van der Waals surface area contributed by atoms with Crippen LogP contribution in [0.3, 0.4) is 0 Å². The van der Waals surface area contributed by atoms with Crippen molar-refractivity contribution in [3.05, 3.63) is 188 Å². The number of hydrogen-bond donors (Lipinski definition) is 0. The van der Waals surface area contributed by atoms with Crippen LogP contribution in [0.1, 0.15) is 8.22 Å². The lowest BCUT2D eigenvalue weighted by Gasteiger charge is -2.09. The molecule has 4 nitrogen and oxygen atoms in total. The van der Waals surface area contributed by atoms with E-state index in [9.17, 15) is 8.22 Å². The Morgan fingerprint density at radius 2 is 0.946 bits per heavy atom. The van der Waals surface area contributed by atoms with Crippen LogP contribution in [0.15, 0.2) is 192 Å². The molecule has 0 saturated carbocycles. The Morgan fingerprint density at radius 1 is 0.393 bits per heavy atom. The van der Waals surface area contributed by atoms with Gasteiger partial charge in [-0.05, 0) is 70.2 Å². The molecule has 0 aliphatic heterocycles. The van der Waals surface area contributed by atoms with Crippen molar-refractivity contribution in [1.29, 1.82) is 0 Å². The first-order valence-corrected chi connectivity index (χ1v) is 19.0. The maximum absolute atomic E-state index is 9.77. The average Bonchev–Trinajstić information content (AvgIpc) is 3.92. The van der Waals surface area contributed by atoms with Gasteiger partial charge >= 0.3 is 0 Å². The third-order valence-electron chi connectivity index (χ3n) is 10.0. The van der Waals surface area contributed by atoms with E-state index in [1.807, 2.05) is 140 Å². The second kappa shape index (κ2) is 13.3. The van der Waals surface area contributed by atoms with Crippen LogP contribution in [0, 0.1) is 0 Å². The molecular formula is C51H31N3OS. The fraction of sp³-hybridized carbons (Fsp3) is 0. The molecule has 56 heavy (non-hydrogen) atoms. The lowest BCUT2D eigenvalue weighted by molar-refractivity contribution is 0.669. The maximum Gasteiger partial charge on any atom is 0.164 e. The van der Waals surface area contributed by atoms with E-state index in [2.05, 4.69) is 12.1 Å². The Morgan fingerprint density at radius 3 is 1.66 bits per heavy atom. The number of nitrogens with zero attached hydrogens (tertiary/aromatic N) is 3. The topological polar surface area (TPSA) is 51.8 Å². The molecule has 5 heteroatoms. The Balaban J connectivity index is 1.13. The zero-order valence-corrected chi connectivity index (χ0v) is 30.4. The largest absolute Gasteiger partial charge is 0.456 e. The van der Waals surface area contributed by atoms with Crippen LogP contribution in [0.5, 0.6) is 0 Å². The highest BCUT2D eigenvalue weighted by atomic mass is 32.1. The standard InChI is InChI=1S/C51H31N3OS/c1-4-12-32(13-5-1)34-20-22-36(23-21-34)50-52-49(35-16-8-3-9-17-35)53-51(54-50)38-24-26-40-43-28-37(25-27-45(43)55-46(40)31-38)42-29-39(33-14-6-2-7-15-33)30-44-41-18-10-11-19-47(41)56-48(42)44/h1-31H/i24D,25D,26D,27D,28D,31D. The summed E-state index contributed by atoms with van der Waals surface area (Å²) in [5.41, 5.74) is 5.93. The number of furan rings is 1. The van der Waals surface area contributed by atoms with Crippen LogP contribution in [0.2, 0.25) is 0 Å². The van der Waals surface area contributed by atoms with Crippen LogP contribution in [-0.4, -0.2) is 15.0 Å². The van der Waals surface area contributed by atoms with E-state index in [1.54, 1.807) is 11.3 Å². The number of rotatable bonds is 6. The molecule has 0 spiro atoms. The number of fused-ring (bicyclic) bond motifs is 6. The van der Waals surface area contributed by atoms with Crippen molar-refractivity contribution in [3.63, 3.8) is 0 Å². The van der Waals surface area contributed by atoms with Crippen LogP contribution >= 0.6 is 11.3 Å². The summed E-state index contributed by atoms with van der Waals surface area (Å²) in [4.78, 5) is 14.4. The molecule has 0 aliphatic rings. The summed E-state index contributed by atoms with van der Waals surface area (Å²) < 4.78 is 65.1. The SMILES string of the molecule is [2H]c1c(-c2cc(-c3ccccc3)cc3c2sc2ccccc23)c([2H])c2c(oc3c([2H])c(-c4nc(-c5ccccc5)nc(-c5ccc(-c6ccccc6)cc5)n4)c([2H])c([2H])c32)c1[2H]. The zero-order valence-electron chi connectivity index (χ0n) is 35.6. The predicted molar refractivity (Wildman–Crippen MR) is 233 cm³/mol. The molecule has 0 atom stereocenters. The fourth-order valence-corrected chi connectivity index (χ4v) is 8.43. The van der Waals surface area contributed by atoms with Crippen molar-refractivity contribution < 1.29 is 12.6 Å². The van der Waals surface area contributed by atoms with Crippen LogP contribution in [0.25, 0.3) is 110 Å². The highest BCUT2D eigenvalue weighted by Gasteiger charge is 2.18. The van der Waals surface area contributed by atoms with Gasteiger partial charge in [0.15, 0.2) is 17.5 Å². The van der Waals surface area contributed by atoms with Crippen molar-refractivity contribution in [2.75, 3.05) is 0 Å². The lowest BCUT2D eigenvalue weighted by atomic mass is 9.95. The molecule has 3 aromatic heterocycles. The number of thiophene rings is 1. The van der Waals surface area contributed by atoms with Crippen molar-refractivity contribution in [2.24, 2.45) is 0 Å². The second-order valence-electron chi connectivity index (χ2n) is 13.5. The molecule has 0 aliphatic carbocycles. The van der Waals surface area contributed by atoms with Crippen LogP contribution < -0.4 is 0 Å². The molecule has 8 aromatic carbocycles. The first-order chi connectivity index (χ1) is 30.2. The summed E-state index contributed by atoms with van der Waals surface area (Å²) in [6.07, 6.45) is 0. The van der Waals surface area contributed by atoms with Crippen LogP contribution in [0.4, 0.5) is 0 Å². The monoisotopic (exact) mass is 739 g/mol. The Hall–Kier alpha value is -7.21.